The SMILES string of the molecule is COc1ccc(-c2nnc(NC(=O)CCN(CCc3ccccc3)C(=O)COCc3ccccc3)s2)cc1. The van der Waals surface area contributed by atoms with Crippen molar-refractivity contribution in [1.82, 2.24) is 15.1 Å². The second-order valence-corrected chi connectivity index (χ2v) is 9.51. The van der Waals surface area contributed by atoms with E-state index >= 15 is 0 Å². The molecule has 1 aromatic heterocycles. The molecule has 0 aliphatic rings. The van der Waals surface area contributed by atoms with Gasteiger partial charge in [0.05, 0.1) is 13.7 Å². The molecule has 0 saturated carbocycles. The number of rotatable bonds is 13. The van der Waals surface area contributed by atoms with Gasteiger partial charge < -0.3 is 19.7 Å². The van der Waals surface area contributed by atoms with E-state index in [0.717, 1.165) is 22.4 Å². The number of carbonyl (C=O) groups excluding carboxylic acids is 2. The highest BCUT2D eigenvalue weighted by Gasteiger charge is 2.17. The van der Waals surface area contributed by atoms with E-state index in [-0.39, 0.29) is 31.4 Å². The Morgan fingerprint density at radius 3 is 2.24 bits per heavy atom. The quantitative estimate of drug-likeness (QED) is 0.266. The number of anilines is 1. The molecule has 1 N–H and O–H groups in total. The summed E-state index contributed by atoms with van der Waals surface area (Å²) in [5.74, 6) is 0.371. The molecule has 38 heavy (non-hydrogen) atoms. The first kappa shape index (κ1) is 27.0. The van der Waals surface area contributed by atoms with Crippen molar-refractivity contribution < 1.29 is 19.1 Å². The summed E-state index contributed by atoms with van der Waals surface area (Å²) < 4.78 is 10.8. The second-order valence-electron chi connectivity index (χ2n) is 8.53. The van der Waals surface area contributed by atoms with Crippen molar-refractivity contribution in [3.63, 3.8) is 0 Å². The lowest BCUT2D eigenvalue weighted by molar-refractivity contribution is -0.136. The minimum atomic E-state index is -0.231. The molecule has 8 nitrogen and oxygen atoms in total. The molecule has 4 rings (SSSR count). The zero-order valence-electron chi connectivity index (χ0n) is 21.2. The number of nitrogens with zero attached hydrogens (tertiary/aromatic N) is 3. The maximum Gasteiger partial charge on any atom is 0.248 e. The first-order valence-corrected chi connectivity index (χ1v) is 13.1. The highest BCUT2D eigenvalue weighted by Crippen LogP contribution is 2.27. The molecule has 9 heteroatoms. The van der Waals surface area contributed by atoms with Crippen molar-refractivity contribution in [2.45, 2.75) is 19.4 Å². The summed E-state index contributed by atoms with van der Waals surface area (Å²) in [7, 11) is 1.61. The number of amides is 2. The Morgan fingerprint density at radius 1 is 0.868 bits per heavy atom. The average Bonchev–Trinajstić information content (AvgIpc) is 3.42. The molecule has 4 aromatic rings. The van der Waals surface area contributed by atoms with Crippen molar-refractivity contribution in [3.05, 3.63) is 96.1 Å². The summed E-state index contributed by atoms with van der Waals surface area (Å²) in [6.07, 6.45) is 0.825. The highest BCUT2D eigenvalue weighted by molar-refractivity contribution is 7.18. The first-order chi connectivity index (χ1) is 18.6. The number of aromatic nitrogens is 2. The van der Waals surface area contributed by atoms with E-state index in [0.29, 0.717) is 29.7 Å². The lowest BCUT2D eigenvalue weighted by atomic mass is 10.1. The van der Waals surface area contributed by atoms with Crippen molar-refractivity contribution in [3.8, 4) is 16.3 Å². The Kier molecular flexibility index (Phi) is 9.95. The van der Waals surface area contributed by atoms with Crippen LogP contribution >= 0.6 is 11.3 Å². The standard InChI is InChI=1S/C29H30N4O4S/c1-36-25-14-12-24(13-15-25)28-31-32-29(38-28)30-26(34)17-19-33(18-16-22-8-4-2-5-9-22)27(35)21-37-20-23-10-6-3-7-11-23/h2-15H,16-21H2,1H3,(H,30,32,34). The van der Waals surface area contributed by atoms with E-state index in [9.17, 15) is 9.59 Å². The smallest absolute Gasteiger partial charge is 0.248 e. The fourth-order valence-electron chi connectivity index (χ4n) is 3.73. The summed E-state index contributed by atoms with van der Waals surface area (Å²) in [6, 6.07) is 27.1. The zero-order chi connectivity index (χ0) is 26.6. The van der Waals surface area contributed by atoms with Crippen LogP contribution < -0.4 is 10.1 Å². The summed E-state index contributed by atoms with van der Waals surface area (Å²) in [5.41, 5.74) is 3.01. The maximum absolute atomic E-state index is 13.0. The largest absolute Gasteiger partial charge is 0.497 e. The van der Waals surface area contributed by atoms with Crippen molar-refractivity contribution in [2.24, 2.45) is 0 Å². The van der Waals surface area contributed by atoms with Crippen LogP contribution in [0.5, 0.6) is 5.75 Å². The minimum Gasteiger partial charge on any atom is -0.497 e. The lowest BCUT2D eigenvalue weighted by Crippen LogP contribution is -2.37. The van der Waals surface area contributed by atoms with E-state index in [1.54, 1.807) is 12.0 Å². The second kappa shape index (κ2) is 14.0. The molecule has 0 fully saturated rings. The third-order valence-electron chi connectivity index (χ3n) is 5.82. The van der Waals surface area contributed by atoms with Crippen LogP contribution in [0.2, 0.25) is 0 Å². The monoisotopic (exact) mass is 530 g/mol. The Labute approximate surface area is 226 Å². The number of nitrogens with one attached hydrogen (secondary N) is 1. The van der Waals surface area contributed by atoms with Crippen LogP contribution in [0.4, 0.5) is 5.13 Å². The lowest BCUT2D eigenvalue weighted by Gasteiger charge is -2.22. The van der Waals surface area contributed by atoms with Crippen LogP contribution in [0.15, 0.2) is 84.9 Å². The minimum absolute atomic E-state index is 0.0487. The van der Waals surface area contributed by atoms with Gasteiger partial charge in [-0.15, -0.1) is 10.2 Å². The van der Waals surface area contributed by atoms with E-state index in [2.05, 4.69) is 15.5 Å². The Morgan fingerprint density at radius 2 is 1.55 bits per heavy atom. The number of benzene rings is 3. The molecule has 0 aliphatic heterocycles. The van der Waals surface area contributed by atoms with Gasteiger partial charge in [0, 0.05) is 25.1 Å². The summed E-state index contributed by atoms with van der Waals surface area (Å²) in [6.45, 7) is 1.07. The van der Waals surface area contributed by atoms with E-state index < -0.39 is 0 Å². The van der Waals surface area contributed by atoms with Crippen LogP contribution in [0.25, 0.3) is 10.6 Å². The summed E-state index contributed by atoms with van der Waals surface area (Å²) >= 11 is 1.29. The van der Waals surface area contributed by atoms with Crippen LogP contribution in [0.1, 0.15) is 17.5 Å². The molecule has 0 aliphatic carbocycles. The predicted octanol–water partition coefficient (Wildman–Crippen LogP) is 4.83. The Bertz CT molecular complexity index is 1300. The number of ether oxygens (including phenoxy) is 2. The molecule has 0 saturated heterocycles. The van der Waals surface area contributed by atoms with E-state index in [1.807, 2.05) is 84.9 Å². The van der Waals surface area contributed by atoms with Gasteiger partial charge in [-0.05, 0) is 41.8 Å². The molecular formula is C29H30N4O4S. The molecule has 0 spiro atoms. The van der Waals surface area contributed by atoms with Crippen LogP contribution in [0, 0.1) is 0 Å². The van der Waals surface area contributed by atoms with Crippen LogP contribution in [-0.4, -0.2) is 53.7 Å². The normalized spacial score (nSPS) is 10.7. The fourth-order valence-corrected chi connectivity index (χ4v) is 4.50. The van der Waals surface area contributed by atoms with E-state index in [1.165, 1.54) is 11.3 Å². The summed E-state index contributed by atoms with van der Waals surface area (Å²) in [5, 5.41) is 12.2. The molecule has 1 heterocycles. The molecule has 0 radical (unpaired) electrons. The molecule has 0 bridgehead atoms. The molecular weight excluding hydrogens is 500 g/mol. The number of carbonyl (C=O) groups is 2. The van der Waals surface area contributed by atoms with Gasteiger partial charge in [0.25, 0.3) is 0 Å². The third-order valence-corrected chi connectivity index (χ3v) is 6.71. The van der Waals surface area contributed by atoms with Gasteiger partial charge >= 0.3 is 0 Å². The van der Waals surface area contributed by atoms with E-state index in [4.69, 9.17) is 9.47 Å². The third kappa shape index (κ3) is 8.22. The molecule has 3 aromatic carbocycles. The predicted molar refractivity (Wildman–Crippen MR) is 148 cm³/mol. The Balaban J connectivity index is 1.31. The number of methoxy groups -OCH3 is 1. The Hall–Kier alpha value is -4.08. The highest BCUT2D eigenvalue weighted by atomic mass is 32.1. The molecule has 0 atom stereocenters. The first-order valence-electron chi connectivity index (χ1n) is 12.3. The van der Waals surface area contributed by atoms with Crippen molar-refractivity contribution in [1.29, 1.82) is 0 Å². The van der Waals surface area contributed by atoms with Crippen LogP contribution in [0.3, 0.4) is 0 Å². The number of hydrogen-bond acceptors (Lipinski definition) is 7. The molecule has 0 unspecified atom stereocenters. The topological polar surface area (TPSA) is 93.7 Å². The van der Waals surface area contributed by atoms with Gasteiger partial charge in [-0.1, -0.05) is 72.0 Å². The molecule has 2 amide bonds. The van der Waals surface area contributed by atoms with Gasteiger partial charge in [0.1, 0.15) is 17.4 Å². The van der Waals surface area contributed by atoms with Crippen molar-refractivity contribution in [2.75, 3.05) is 32.1 Å². The summed E-state index contributed by atoms with van der Waals surface area (Å²) in [4.78, 5) is 27.3. The fraction of sp³-hybridized carbons (Fsp3) is 0.241. The van der Waals surface area contributed by atoms with Gasteiger partial charge in [0.15, 0.2) is 0 Å². The van der Waals surface area contributed by atoms with Gasteiger partial charge in [-0.2, -0.15) is 0 Å². The average molecular weight is 531 g/mol. The van der Waals surface area contributed by atoms with Gasteiger partial charge in [-0.25, -0.2) is 0 Å². The van der Waals surface area contributed by atoms with Gasteiger partial charge in [-0.3, -0.25) is 9.59 Å². The number of hydrogen-bond donors (Lipinski definition) is 1. The molecule has 196 valence electrons. The van der Waals surface area contributed by atoms with Crippen LogP contribution in [-0.2, 0) is 27.4 Å². The van der Waals surface area contributed by atoms with Gasteiger partial charge in [0.2, 0.25) is 16.9 Å². The zero-order valence-corrected chi connectivity index (χ0v) is 22.0. The maximum atomic E-state index is 13.0. The van der Waals surface area contributed by atoms with Crippen molar-refractivity contribution >= 4 is 28.3 Å².